The Labute approximate surface area is 139 Å². The number of aliphatic hydroxyl groups excluding tert-OH is 1. The average molecular weight is 332 g/mol. The SMILES string of the molecule is O=C(NCC1CC(O)CN1Cc1ccccc1)Nc1nccs1. The van der Waals surface area contributed by atoms with Gasteiger partial charge in [-0.3, -0.25) is 10.2 Å². The molecule has 2 heterocycles. The van der Waals surface area contributed by atoms with Crippen LogP contribution in [0.4, 0.5) is 9.93 Å². The first-order valence-corrected chi connectivity index (χ1v) is 8.49. The Balaban J connectivity index is 1.52. The standard InChI is InChI=1S/C16H20N4O2S/c21-14-8-13(9-18-15(22)19-16-17-6-7-23-16)20(11-14)10-12-4-2-1-3-5-12/h1-7,13-14,21H,8-11H2,(H2,17,18,19,22). The maximum absolute atomic E-state index is 11.9. The summed E-state index contributed by atoms with van der Waals surface area (Å²) in [4.78, 5) is 18.1. The first-order valence-electron chi connectivity index (χ1n) is 7.61. The largest absolute Gasteiger partial charge is 0.392 e. The third-order valence-electron chi connectivity index (χ3n) is 3.89. The average Bonchev–Trinajstić information content (AvgIpc) is 3.16. The molecule has 0 bridgehead atoms. The number of hydrogen-bond donors (Lipinski definition) is 3. The number of benzene rings is 1. The molecule has 1 aromatic heterocycles. The van der Waals surface area contributed by atoms with Gasteiger partial charge in [0.1, 0.15) is 0 Å². The van der Waals surface area contributed by atoms with Gasteiger partial charge in [-0.15, -0.1) is 11.3 Å². The zero-order valence-electron chi connectivity index (χ0n) is 12.7. The smallest absolute Gasteiger partial charge is 0.321 e. The van der Waals surface area contributed by atoms with Gasteiger partial charge in [-0.1, -0.05) is 30.3 Å². The zero-order valence-corrected chi connectivity index (χ0v) is 13.5. The van der Waals surface area contributed by atoms with Crippen LogP contribution in [0.15, 0.2) is 41.9 Å². The van der Waals surface area contributed by atoms with Crippen LogP contribution in [0.1, 0.15) is 12.0 Å². The van der Waals surface area contributed by atoms with Crippen molar-refractivity contribution in [2.45, 2.75) is 25.1 Å². The fraction of sp³-hybridized carbons (Fsp3) is 0.375. The second-order valence-electron chi connectivity index (χ2n) is 5.63. The molecule has 3 rings (SSSR count). The minimum atomic E-state index is -0.340. The first kappa shape index (κ1) is 15.9. The summed E-state index contributed by atoms with van der Waals surface area (Å²) < 4.78 is 0. The number of rotatable bonds is 5. The van der Waals surface area contributed by atoms with E-state index in [1.807, 2.05) is 23.6 Å². The summed E-state index contributed by atoms with van der Waals surface area (Å²) >= 11 is 1.38. The molecule has 1 aliphatic heterocycles. The molecule has 6 nitrogen and oxygen atoms in total. The van der Waals surface area contributed by atoms with Gasteiger partial charge < -0.3 is 10.4 Å². The van der Waals surface area contributed by atoms with Crippen LogP contribution in [0.2, 0.25) is 0 Å². The highest BCUT2D eigenvalue weighted by Crippen LogP contribution is 2.20. The number of nitrogens with one attached hydrogen (secondary N) is 2. The minimum Gasteiger partial charge on any atom is -0.392 e. The molecule has 3 N–H and O–H groups in total. The van der Waals surface area contributed by atoms with E-state index >= 15 is 0 Å². The van der Waals surface area contributed by atoms with E-state index in [-0.39, 0.29) is 18.2 Å². The van der Waals surface area contributed by atoms with Crippen LogP contribution < -0.4 is 10.6 Å². The zero-order chi connectivity index (χ0) is 16.1. The molecule has 2 unspecified atom stereocenters. The molecule has 1 aromatic carbocycles. The van der Waals surface area contributed by atoms with E-state index in [0.717, 1.165) is 6.54 Å². The number of anilines is 1. The van der Waals surface area contributed by atoms with Gasteiger partial charge in [-0.05, 0) is 12.0 Å². The van der Waals surface area contributed by atoms with Crippen molar-refractivity contribution in [2.75, 3.05) is 18.4 Å². The summed E-state index contributed by atoms with van der Waals surface area (Å²) in [6.45, 7) is 1.91. The quantitative estimate of drug-likeness (QED) is 0.781. The molecule has 0 aliphatic carbocycles. The number of thiazole rings is 1. The van der Waals surface area contributed by atoms with E-state index in [1.165, 1.54) is 16.9 Å². The van der Waals surface area contributed by atoms with Gasteiger partial charge in [0, 0.05) is 37.3 Å². The van der Waals surface area contributed by atoms with Crippen LogP contribution in [0, 0.1) is 0 Å². The van der Waals surface area contributed by atoms with Gasteiger partial charge in [0.2, 0.25) is 0 Å². The summed E-state index contributed by atoms with van der Waals surface area (Å²) in [5.41, 5.74) is 1.21. The number of urea groups is 1. The molecule has 0 saturated carbocycles. The highest BCUT2D eigenvalue weighted by Gasteiger charge is 2.30. The maximum atomic E-state index is 11.9. The third-order valence-corrected chi connectivity index (χ3v) is 4.57. The van der Waals surface area contributed by atoms with Crippen molar-refractivity contribution in [3.63, 3.8) is 0 Å². The number of aromatic nitrogens is 1. The molecule has 7 heteroatoms. The fourth-order valence-electron chi connectivity index (χ4n) is 2.82. The lowest BCUT2D eigenvalue weighted by Crippen LogP contribution is -2.41. The number of aliphatic hydroxyl groups is 1. The van der Waals surface area contributed by atoms with Gasteiger partial charge in [0.25, 0.3) is 0 Å². The maximum Gasteiger partial charge on any atom is 0.321 e. The molecular formula is C16H20N4O2S. The summed E-state index contributed by atoms with van der Waals surface area (Å²) in [5, 5.41) is 17.9. The van der Waals surface area contributed by atoms with Gasteiger partial charge in [0.05, 0.1) is 6.10 Å². The Morgan fingerprint density at radius 1 is 1.39 bits per heavy atom. The molecule has 2 aromatic rings. The Bertz CT molecular complexity index is 620. The first-order chi connectivity index (χ1) is 11.2. The van der Waals surface area contributed by atoms with Crippen molar-refractivity contribution in [3.05, 3.63) is 47.5 Å². The second kappa shape index (κ2) is 7.54. The monoisotopic (exact) mass is 332 g/mol. The predicted molar refractivity (Wildman–Crippen MR) is 90.4 cm³/mol. The normalized spacial score (nSPS) is 21.3. The van der Waals surface area contributed by atoms with E-state index in [4.69, 9.17) is 0 Å². The van der Waals surface area contributed by atoms with E-state index in [1.54, 1.807) is 6.20 Å². The number of carbonyl (C=O) groups excluding carboxylic acids is 1. The van der Waals surface area contributed by atoms with Crippen LogP contribution in [-0.4, -0.2) is 46.3 Å². The molecule has 122 valence electrons. The van der Waals surface area contributed by atoms with Crippen molar-refractivity contribution in [1.82, 2.24) is 15.2 Å². The number of β-amino-alcohol motifs (C(OH)–C–C–N with tert-alkyl or cyclic N) is 1. The number of amides is 2. The van der Waals surface area contributed by atoms with Crippen molar-refractivity contribution in [2.24, 2.45) is 0 Å². The van der Waals surface area contributed by atoms with Crippen molar-refractivity contribution < 1.29 is 9.90 Å². The Hall–Kier alpha value is -1.96. The molecule has 1 saturated heterocycles. The lowest BCUT2D eigenvalue weighted by atomic mass is 10.1. The van der Waals surface area contributed by atoms with Crippen molar-refractivity contribution in [1.29, 1.82) is 0 Å². The highest BCUT2D eigenvalue weighted by atomic mass is 32.1. The predicted octanol–water partition coefficient (Wildman–Crippen LogP) is 1.90. The lowest BCUT2D eigenvalue weighted by Gasteiger charge is -2.24. The van der Waals surface area contributed by atoms with E-state index in [0.29, 0.717) is 24.6 Å². The van der Waals surface area contributed by atoms with Crippen LogP contribution in [-0.2, 0) is 6.54 Å². The number of likely N-dealkylation sites (tertiary alicyclic amines) is 1. The topological polar surface area (TPSA) is 77.5 Å². The number of nitrogens with zero attached hydrogens (tertiary/aromatic N) is 2. The Morgan fingerprint density at radius 2 is 2.22 bits per heavy atom. The summed E-state index contributed by atoms with van der Waals surface area (Å²) in [6, 6.07) is 10.0. The second-order valence-corrected chi connectivity index (χ2v) is 6.53. The van der Waals surface area contributed by atoms with E-state index < -0.39 is 0 Å². The molecule has 1 fully saturated rings. The lowest BCUT2D eigenvalue weighted by molar-refractivity contribution is 0.172. The molecule has 0 spiro atoms. The fourth-order valence-corrected chi connectivity index (χ4v) is 3.34. The van der Waals surface area contributed by atoms with Crippen LogP contribution in [0.25, 0.3) is 0 Å². The van der Waals surface area contributed by atoms with E-state index in [9.17, 15) is 9.90 Å². The molecular weight excluding hydrogens is 312 g/mol. The van der Waals surface area contributed by atoms with Gasteiger partial charge in [-0.2, -0.15) is 0 Å². The Kier molecular flexibility index (Phi) is 5.22. The summed E-state index contributed by atoms with van der Waals surface area (Å²) in [6.07, 6.45) is 1.98. The van der Waals surface area contributed by atoms with Crippen LogP contribution in [0.5, 0.6) is 0 Å². The third kappa shape index (κ3) is 4.51. The molecule has 1 aliphatic rings. The van der Waals surface area contributed by atoms with Crippen LogP contribution >= 0.6 is 11.3 Å². The molecule has 2 amide bonds. The van der Waals surface area contributed by atoms with E-state index in [2.05, 4.69) is 32.7 Å². The summed E-state index contributed by atoms with van der Waals surface area (Å²) in [5.74, 6) is 0. The summed E-state index contributed by atoms with van der Waals surface area (Å²) in [7, 11) is 0. The van der Waals surface area contributed by atoms with Crippen molar-refractivity contribution in [3.8, 4) is 0 Å². The molecule has 2 atom stereocenters. The molecule has 23 heavy (non-hydrogen) atoms. The van der Waals surface area contributed by atoms with Crippen LogP contribution in [0.3, 0.4) is 0 Å². The van der Waals surface area contributed by atoms with Crippen molar-refractivity contribution >= 4 is 22.5 Å². The van der Waals surface area contributed by atoms with Gasteiger partial charge >= 0.3 is 6.03 Å². The van der Waals surface area contributed by atoms with Gasteiger partial charge in [-0.25, -0.2) is 9.78 Å². The minimum absolute atomic E-state index is 0.132. The highest BCUT2D eigenvalue weighted by molar-refractivity contribution is 7.13. The number of carbonyl (C=O) groups is 1. The molecule has 0 radical (unpaired) electrons. The Morgan fingerprint density at radius 3 is 2.96 bits per heavy atom. The number of hydrogen-bond acceptors (Lipinski definition) is 5. The van der Waals surface area contributed by atoms with Gasteiger partial charge in [0.15, 0.2) is 5.13 Å².